The highest BCUT2D eigenvalue weighted by atomic mass is 35.5. The molecular weight excluding hydrogens is 439 g/mol. The third-order valence-electron chi connectivity index (χ3n) is 4.86. The Kier molecular flexibility index (Phi) is 4.60. The van der Waals surface area contributed by atoms with Gasteiger partial charge in [-0.25, -0.2) is 0 Å². The van der Waals surface area contributed by atoms with Crippen LogP contribution in [0, 0.1) is 11.3 Å². The van der Waals surface area contributed by atoms with Crippen molar-refractivity contribution >= 4 is 32.9 Å². The van der Waals surface area contributed by atoms with Crippen molar-refractivity contribution in [2.45, 2.75) is 23.2 Å². The molecule has 3 rings (SSSR count). The quantitative estimate of drug-likeness (QED) is 0.447. The topological polar surface area (TPSA) is 69.9 Å². The van der Waals surface area contributed by atoms with Crippen LogP contribution in [0.3, 0.4) is 0 Å². The van der Waals surface area contributed by atoms with E-state index in [1.165, 1.54) is 6.07 Å². The average Bonchev–Trinajstić information content (AvgIpc) is 2.66. The Morgan fingerprint density at radius 2 is 1.62 bits per heavy atom. The van der Waals surface area contributed by atoms with Gasteiger partial charge in [0.05, 0.1) is 11.5 Å². The van der Waals surface area contributed by atoms with Crippen LogP contribution in [0.5, 0.6) is 0 Å². The van der Waals surface area contributed by atoms with E-state index in [4.69, 9.17) is 11.6 Å². The van der Waals surface area contributed by atoms with Crippen molar-refractivity contribution in [3.8, 4) is 6.07 Å². The Morgan fingerprint density at radius 1 is 1.03 bits per heavy atom. The van der Waals surface area contributed by atoms with Gasteiger partial charge in [-0.2, -0.15) is 5.26 Å². The molecule has 2 aromatic rings. The number of hydrogen-bond acceptors (Lipinski definition) is 5. The zero-order chi connectivity index (χ0) is 21.6. The largest absolute Gasteiger partial charge is 0.355 e. The fraction of sp³-hybridized carbons (Fsp3) is 0.294. The lowest BCUT2D eigenvalue weighted by atomic mass is 9.74. The van der Waals surface area contributed by atoms with E-state index >= 15 is 0 Å². The Balaban J connectivity index is 1.79. The van der Waals surface area contributed by atoms with E-state index in [-0.39, 0.29) is 24.1 Å². The number of carbonyl (C=O) groups is 1. The number of nitriles is 1. The fourth-order valence-electron chi connectivity index (χ4n) is 3.21. The molecule has 1 aromatic heterocycles. The van der Waals surface area contributed by atoms with Gasteiger partial charge in [-0.1, -0.05) is 31.6 Å². The van der Waals surface area contributed by atoms with Crippen molar-refractivity contribution in [1.29, 1.82) is 5.26 Å². The molecule has 156 valence electrons. The van der Waals surface area contributed by atoms with Crippen LogP contribution in [0.15, 0.2) is 41.3 Å². The molecule has 1 aromatic carbocycles. The second kappa shape index (κ2) is 6.27. The van der Waals surface area contributed by atoms with Gasteiger partial charge in [0.15, 0.2) is 5.82 Å². The molecule has 1 saturated heterocycles. The minimum absolute atomic E-state index is 0.0113. The van der Waals surface area contributed by atoms with E-state index in [1.54, 1.807) is 11.0 Å². The molecule has 0 unspecified atom stereocenters. The standard InChI is InChI=1S/C17H14ClF5N4OS/c18-16(28)14-5-6-15(26-25-14)27-9-7-17(11-24,8-10-27)12-1-3-13(4-2-12)29(19,20,21,22)23/h1-6H,7-10H2. The summed E-state index contributed by atoms with van der Waals surface area (Å²) in [5.74, 6) is 0.453. The molecule has 0 atom stereocenters. The zero-order valence-corrected chi connectivity index (χ0v) is 16.2. The number of anilines is 1. The van der Waals surface area contributed by atoms with Gasteiger partial charge in [-0.15, -0.1) is 10.2 Å². The summed E-state index contributed by atoms with van der Waals surface area (Å²) in [5, 5.41) is 16.5. The number of benzene rings is 1. The van der Waals surface area contributed by atoms with E-state index in [0.29, 0.717) is 31.0 Å². The molecule has 0 spiro atoms. The van der Waals surface area contributed by atoms with Crippen molar-refractivity contribution in [2.24, 2.45) is 0 Å². The summed E-state index contributed by atoms with van der Waals surface area (Å²) < 4.78 is 64.5. The van der Waals surface area contributed by atoms with Gasteiger partial charge in [0.25, 0.3) is 5.24 Å². The normalized spacial score (nSPS) is 19.0. The Bertz CT molecular complexity index is 983. The summed E-state index contributed by atoms with van der Waals surface area (Å²) in [6, 6.07) is 7.61. The van der Waals surface area contributed by atoms with E-state index < -0.39 is 25.8 Å². The van der Waals surface area contributed by atoms with Gasteiger partial charge in [0, 0.05) is 13.1 Å². The van der Waals surface area contributed by atoms with E-state index in [0.717, 1.165) is 12.1 Å². The maximum Gasteiger partial charge on any atom is 0.310 e. The van der Waals surface area contributed by atoms with Crippen molar-refractivity contribution in [3.63, 3.8) is 0 Å². The molecular formula is C17H14ClF5N4OS. The first kappa shape index (κ1) is 21.3. The molecule has 29 heavy (non-hydrogen) atoms. The summed E-state index contributed by atoms with van der Waals surface area (Å²) >= 11 is 5.32. The van der Waals surface area contributed by atoms with Crippen molar-refractivity contribution in [2.75, 3.05) is 18.0 Å². The van der Waals surface area contributed by atoms with E-state index in [2.05, 4.69) is 16.3 Å². The molecule has 5 nitrogen and oxygen atoms in total. The lowest BCUT2D eigenvalue weighted by Crippen LogP contribution is -2.42. The zero-order valence-electron chi connectivity index (χ0n) is 14.7. The number of nitrogens with zero attached hydrogens (tertiary/aromatic N) is 4. The third-order valence-corrected chi connectivity index (χ3v) is 6.22. The van der Waals surface area contributed by atoms with Gasteiger partial charge in [-0.3, -0.25) is 4.79 Å². The lowest BCUT2D eigenvalue weighted by molar-refractivity contribution is 0.107. The molecule has 0 amide bonds. The van der Waals surface area contributed by atoms with Gasteiger partial charge in [0.2, 0.25) is 0 Å². The van der Waals surface area contributed by atoms with Gasteiger partial charge >= 0.3 is 10.2 Å². The van der Waals surface area contributed by atoms with E-state index in [9.17, 15) is 29.5 Å². The second-order valence-electron chi connectivity index (χ2n) is 6.72. The maximum absolute atomic E-state index is 12.9. The first-order chi connectivity index (χ1) is 13.2. The molecule has 0 radical (unpaired) electrons. The summed E-state index contributed by atoms with van der Waals surface area (Å²) in [4.78, 5) is 10.9. The summed E-state index contributed by atoms with van der Waals surface area (Å²) in [7, 11) is -9.76. The number of aromatic nitrogens is 2. The van der Waals surface area contributed by atoms with Crippen LogP contribution >= 0.6 is 21.8 Å². The van der Waals surface area contributed by atoms with Crippen LogP contribution in [0.1, 0.15) is 28.9 Å². The highest BCUT2D eigenvalue weighted by Crippen LogP contribution is 3.02. The number of piperidine rings is 1. The van der Waals surface area contributed by atoms with Crippen LogP contribution in [-0.4, -0.2) is 28.5 Å². The number of halogens is 6. The minimum Gasteiger partial charge on any atom is -0.355 e. The lowest BCUT2D eigenvalue weighted by Gasteiger charge is -2.41. The first-order valence-corrected chi connectivity index (χ1v) is 10.6. The minimum atomic E-state index is -9.76. The monoisotopic (exact) mass is 452 g/mol. The van der Waals surface area contributed by atoms with Crippen LogP contribution in [0.2, 0.25) is 0 Å². The van der Waals surface area contributed by atoms with Crippen LogP contribution in [-0.2, 0) is 5.41 Å². The van der Waals surface area contributed by atoms with Crippen LogP contribution in [0.4, 0.5) is 25.2 Å². The average molecular weight is 453 g/mol. The summed E-state index contributed by atoms with van der Waals surface area (Å²) in [5.41, 5.74) is -0.867. The van der Waals surface area contributed by atoms with Crippen molar-refractivity contribution in [1.82, 2.24) is 10.2 Å². The molecule has 0 aliphatic carbocycles. The Labute approximate surface area is 167 Å². The van der Waals surface area contributed by atoms with Crippen molar-refractivity contribution in [3.05, 3.63) is 47.7 Å². The van der Waals surface area contributed by atoms with E-state index in [1.807, 2.05) is 0 Å². The molecule has 2 heterocycles. The molecule has 0 N–H and O–H groups in total. The molecule has 0 bridgehead atoms. The maximum atomic E-state index is 12.9. The van der Waals surface area contributed by atoms with Crippen LogP contribution in [0.25, 0.3) is 0 Å². The smallest absolute Gasteiger partial charge is 0.310 e. The van der Waals surface area contributed by atoms with Gasteiger partial charge in [-0.05, 0) is 54.3 Å². The number of carbonyl (C=O) groups excluding carboxylic acids is 1. The Hall–Kier alpha value is -2.45. The fourth-order valence-corrected chi connectivity index (χ4v) is 3.96. The predicted molar refractivity (Wildman–Crippen MR) is 98.8 cm³/mol. The molecule has 0 saturated carbocycles. The first-order valence-electron chi connectivity index (χ1n) is 8.28. The van der Waals surface area contributed by atoms with Crippen molar-refractivity contribution < 1.29 is 24.2 Å². The molecule has 1 fully saturated rings. The second-order valence-corrected chi connectivity index (χ2v) is 9.48. The number of hydrogen-bond donors (Lipinski definition) is 0. The summed E-state index contributed by atoms with van der Waals surface area (Å²) in [6.07, 6.45) is 0.494. The number of rotatable bonds is 4. The highest BCUT2D eigenvalue weighted by molar-refractivity contribution is 8.45. The van der Waals surface area contributed by atoms with Gasteiger partial charge in [0.1, 0.15) is 10.6 Å². The predicted octanol–water partition coefficient (Wildman–Crippen LogP) is 5.57. The molecule has 12 heteroatoms. The SMILES string of the molecule is N#CC1(c2ccc(S(F)(F)(F)(F)F)cc2)CCN(c2ccc(C(=O)Cl)nn2)CC1. The third kappa shape index (κ3) is 4.43. The Morgan fingerprint density at radius 3 is 2.03 bits per heavy atom. The molecule has 1 aliphatic rings. The van der Waals surface area contributed by atoms with Gasteiger partial charge < -0.3 is 4.90 Å². The van der Waals surface area contributed by atoms with Crippen LogP contribution < -0.4 is 4.90 Å². The highest BCUT2D eigenvalue weighted by Gasteiger charge is 2.65. The summed E-state index contributed by atoms with van der Waals surface area (Å²) in [6.45, 7) is 0.666. The molecule has 1 aliphatic heterocycles.